The minimum atomic E-state index is -0.00956. The molecule has 0 aliphatic carbocycles. The summed E-state index contributed by atoms with van der Waals surface area (Å²) in [5.74, 6) is -0.00956. The molecule has 28 heavy (non-hydrogen) atoms. The third-order valence-corrected chi connectivity index (χ3v) is 5.70. The van der Waals surface area contributed by atoms with E-state index in [0.717, 1.165) is 28.0 Å². The maximum Gasteiger partial charge on any atom is 0.265 e. The van der Waals surface area contributed by atoms with Gasteiger partial charge < -0.3 is 4.90 Å². The fourth-order valence-corrected chi connectivity index (χ4v) is 4.29. The third kappa shape index (κ3) is 3.78. The Morgan fingerprint density at radius 3 is 2.43 bits per heavy atom. The van der Waals surface area contributed by atoms with Crippen LogP contribution in [0.3, 0.4) is 0 Å². The monoisotopic (exact) mass is 385 g/mol. The largest absolute Gasteiger partial charge is 0.302 e. The molecule has 0 radical (unpaired) electrons. The smallest absolute Gasteiger partial charge is 0.265 e. The number of para-hydroxylation sites is 1. The fraction of sp³-hybridized carbons (Fsp3) is 0.0833. The maximum absolute atomic E-state index is 13.3. The van der Waals surface area contributed by atoms with Crippen molar-refractivity contribution in [3.8, 4) is 0 Å². The van der Waals surface area contributed by atoms with Crippen LogP contribution in [-0.2, 0) is 11.3 Å². The van der Waals surface area contributed by atoms with Gasteiger partial charge in [-0.25, -0.2) is 0 Å². The number of anilines is 1. The summed E-state index contributed by atoms with van der Waals surface area (Å²) in [6.07, 6.45) is 2.71. The van der Waals surface area contributed by atoms with Crippen LogP contribution in [0.25, 0.3) is 6.08 Å². The Labute approximate surface area is 168 Å². The van der Waals surface area contributed by atoms with Crippen molar-refractivity contribution in [1.29, 1.82) is 0 Å². The van der Waals surface area contributed by atoms with Crippen molar-refractivity contribution in [2.75, 3.05) is 4.90 Å². The Hall–Kier alpha value is -3.11. The number of aldehydes is 1. The summed E-state index contributed by atoms with van der Waals surface area (Å²) in [6.45, 7) is 2.58. The number of nitrogens with zero attached hydrogens (tertiary/aromatic N) is 1. The standard InChI is InChI=1S/C24H19NO2S/c1-17-5-4-6-20(13-17)15-25-21-7-2-3-8-22(21)28-23(24(25)27)14-18-9-11-19(16-26)12-10-18/h2-14,16H,15H2,1H3/b23-14-. The molecule has 1 aliphatic rings. The van der Waals surface area contributed by atoms with E-state index in [4.69, 9.17) is 0 Å². The number of thioether (sulfide) groups is 1. The first-order valence-electron chi connectivity index (χ1n) is 9.05. The molecular formula is C24H19NO2S. The highest BCUT2D eigenvalue weighted by molar-refractivity contribution is 8.04. The second-order valence-corrected chi connectivity index (χ2v) is 7.83. The van der Waals surface area contributed by atoms with E-state index < -0.39 is 0 Å². The van der Waals surface area contributed by atoms with Crippen molar-refractivity contribution >= 4 is 35.7 Å². The summed E-state index contributed by atoms with van der Waals surface area (Å²) in [4.78, 5) is 27.7. The summed E-state index contributed by atoms with van der Waals surface area (Å²) >= 11 is 1.49. The van der Waals surface area contributed by atoms with Gasteiger partial charge in [0.2, 0.25) is 0 Å². The minimum Gasteiger partial charge on any atom is -0.302 e. The molecular weight excluding hydrogens is 366 g/mol. The maximum atomic E-state index is 13.3. The van der Waals surface area contributed by atoms with Crippen LogP contribution in [0, 0.1) is 6.92 Å². The van der Waals surface area contributed by atoms with Gasteiger partial charge in [0.15, 0.2) is 0 Å². The van der Waals surface area contributed by atoms with E-state index >= 15 is 0 Å². The summed E-state index contributed by atoms with van der Waals surface area (Å²) in [5.41, 5.74) is 4.74. The van der Waals surface area contributed by atoms with Crippen LogP contribution in [0.1, 0.15) is 27.0 Å². The van der Waals surface area contributed by atoms with E-state index in [1.165, 1.54) is 17.3 Å². The molecule has 0 unspecified atom stereocenters. The molecule has 1 heterocycles. The molecule has 0 bridgehead atoms. The Morgan fingerprint density at radius 2 is 1.68 bits per heavy atom. The molecule has 3 aromatic rings. The first kappa shape index (κ1) is 18.3. The molecule has 0 saturated heterocycles. The van der Waals surface area contributed by atoms with Crippen LogP contribution in [0.4, 0.5) is 5.69 Å². The first-order chi connectivity index (χ1) is 13.6. The molecule has 4 heteroatoms. The van der Waals surface area contributed by atoms with Gasteiger partial charge in [0.25, 0.3) is 5.91 Å². The molecule has 0 atom stereocenters. The second kappa shape index (κ2) is 7.87. The second-order valence-electron chi connectivity index (χ2n) is 6.74. The lowest BCUT2D eigenvalue weighted by molar-refractivity contribution is -0.114. The Kier molecular flexibility index (Phi) is 5.13. The van der Waals surface area contributed by atoms with Crippen molar-refractivity contribution in [1.82, 2.24) is 0 Å². The molecule has 0 spiro atoms. The molecule has 4 rings (SSSR count). The fourth-order valence-electron chi connectivity index (χ4n) is 3.23. The number of carbonyl (C=O) groups is 2. The number of aryl methyl sites for hydroxylation is 1. The Bertz CT molecular complexity index is 1070. The molecule has 1 aliphatic heterocycles. The van der Waals surface area contributed by atoms with Gasteiger partial charge >= 0.3 is 0 Å². The number of fused-ring (bicyclic) bond motifs is 1. The zero-order valence-corrected chi connectivity index (χ0v) is 16.3. The predicted molar refractivity (Wildman–Crippen MR) is 114 cm³/mol. The normalized spacial score (nSPS) is 14.8. The average Bonchev–Trinajstić information content (AvgIpc) is 2.72. The topological polar surface area (TPSA) is 37.4 Å². The molecule has 1 amide bonds. The highest BCUT2D eigenvalue weighted by Gasteiger charge is 2.29. The SMILES string of the molecule is Cc1cccc(CN2C(=O)/C(=C/c3ccc(C=O)cc3)Sc3ccccc32)c1. The van der Waals surface area contributed by atoms with Gasteiger partial charge in [-0.05, 0) is 36.3 Å². The molecule has 3 aromatic carbocycles. The van der Waals surface area contributed by atoms with Gasteiger partial charge in [-0.3, -0.25) is 9.59 Å². The van der Waals surface area contributed by atoms with Crippen LogP contribution in [-0.4, -0.2) is 12.2 Å². The van der Waals surface area contributed by atoms with Crippen molar-refractivity contribution < 1.29 is 9.59 Å². The zero-order valence-electron chi connectivity index (χ0n) is 15.5. The van der Waals surface area contributed by atoms with Crippen LogP contribution >= 0.6 is 11.8 Å². The van der Waals surface area contributed by atoms with Crippen LogP contribution in [0.15, 0.2) is 82.6 Å². The van der Waals surface area contributed by atoms with Crippen LogP contribution in [0.5, 0.6) is 0 Å². The lowest BCUT2D eigenvalue weighted by Crippen LogP contribution is -2.33. The van der Waals surface area contributed by atoms with Crippen LogP contribution in [0.2, 0.25) is 0 Å². The summed E-state index contributed by atoms with van der Waals surface area (Å²) in [5, 5.41) is 0. The van der Waals surface area contributed by atoms with Gasteiger partial charge in [-0.1, -0.05) is 78.0 Å². The predicted octanol–water partition coefficient (Wildman–Crippen LogP) is 5.49. The van der Waals surface area contributed by atoms with Gasteiger partial charge in [0, 0.05) is 10.5 Å². The number of rotatable bonds is 4. The highest BCUT2D eigenvalue weighted by atomic mass is 32.2. The highest BCUT2D eigenvalue weighted by Crippen LogP contribution is 2.42. The lowest BCUT2D eigenvalue weighted by atomic mass is 10.1. The molecule has 3 nitrogen and oxygen atoms in total. The van der Waals surface area contributed by atoms with Gasteiger partial charge in [0.1, 0.15) is 6.29 Å². The van der Waals surface area contributed by atoms with Crippen LogP contribution < -0.4 is 4.90 Å². The summed E-state index contributed by atoms with van der Waals surface area (Å²) in [6, 6.07) is 23.4. The van der Waals surface area contributed by atoms with E-state index in [2.05, 4.69) is 19.1 Å². The third-order valence-electron chi connectivity index (χ3n) is 4.63. The zero-order chi connectivity index (χ0) is 19.5. The first-order valence-corrected chi connectivity index (χ1v) is 9.87. The van der Waals surface area contributed by atoms with Crippen molar-refractivity contribution in [2.24, 2.45) is 0 Å². The number of benzene rings is 3. The number of hydrogen-bond acceptors (Lipinski definition) is 3. The summed E-state index contributed by atoms with van der Waals surface area (Å²) in [7, 11) is 0. The summed E-state index contributed by atoms with van der Waals surface area (Å²) < 4.78 is 0. The lowest BCUT2D eigenvalue weighted by Gasteiger charge is -2.30. The van der Waals surface area contributed by atoms with E-state index in [0.29, 0.717) is 17.0 Å². The van der Waals surface area contributed by atoms with Crippen molar-refractivity contribution in [3.63, 3.8) is 0 Å². The Balaban J connectivity index is 1.71. The van der Waals surface area contributed by atoms with Gasteiger partial charge in [0.05, 0.1) is 17.1 Å². The average molecular weight is 385 g/mol. The van der Waals surface area contributed by atoms with E-state index in [-0.39, 0.29) is 5.91 Å². The van der Waals surface area contributed by atoms with Crippen molar-refractivity contribution in [3.05, 3.63) is 100.0 Å². The van der Waals surface area contributed by atoms with E-state index in [1.807, 2.05) is 59.5 Å². The van der Waals surface area contributed by atoms with Crippen molar-refractivity contribution in [2.45, 2.75) is 18.4 Å². The minimum absolute atomic E-state index is 0.00956. The van der Waals surface area contributed by atoms with Gasteiger partial charge in [-0.15, -0.1) is 0 Å². The number of carbonyl (C=O) groups excluding carboxylic acids is 2. The van der Waals surface area contributed by atoms with E-state index in [9.17, 15) is 9.59 Å². The molecule has 0 aromatic heterocycles. The molecule has 138 valence electrons. The quantitative estimate of drug-likeness (QED) is 0.440. The Morgan fingerprint density at radius 1 is 0.929 bits per heavy atom. The molecule has 0 N–H and O–H groups in total. The molecule has 0 saturated carbocycles. The van der Waals surface area contributed by atoms with E-state index in [1.54, 1.807) is 12.1 Å². The van der Waals surface area contributed by atoms with Gasteiger partial charge in [-0.2, -0.15) is 0 Å². The molecule has 0 fully saturated rings. The number of amides is 1. The number of hydrogen-bond donors (Lipinski definition) is 0.